The lowest BCUT2D eigenvalue weighted by molar-refractivity contribution is 0.226. The molecule has 2 rings (SSSR count). The Kier molecular flexibility index (Phi) is 2.37. The number of likely N-dealkylation sites (N-methyl/N-ethyl adjacent to an activating group) is 2. The fraction of sp³-hybridized carbons (Fsp3) is 1.00. The highest BCUT2D eigenvalue weighted by Crippen LogP contribution is 2.29. The highest BCUT2D eigenvalue weighted by molar-refractivity contribution is 4.90. The average Bonchev–Trinajstić information content (AvgIpc) is 2.82. The van der Waals surface area contributed by atoms with E-state index >= 15 is 0 Å². The lowest BCUT2D eigenvalue weighted by Crippen LogP contribution is -2.35. The standard InChI is InChI=1S/C10H20N2/c1-3-12-7-6-10(8-12)11(2)9-4-5-9/h9-10H,3-8H2,1-2H3/t10-/m1/s1. The third kappa shape index (κ3) is 1.64. The Balaban J connectivity index is 1.81. The van der Waals surface area contributed by atoms with E-state index in [-0.39, 0.29) is 0 Å². The predicted molar refractivity (Wildman–Crippen MR) is 51.3 cm³/mol. The summed E-state index contributed by atoms with van der Waals surface area (Å²) >= 11 is 0. The van der Waals surface area contributed by atoms with Gasteiger partial charge in [-0.05, 0) is 39.4 Å². The minimum atomic E-state index is 0.859. The van der Waals surface area contributed by atoms with Gasteiger partial charge in [0.1, 0.15) is 0 Å². The second kappa shape index (κ2) is 3.35. The van der Waals surface area contributed by atoms with Gasteiger partial charge in [-0.2, -0.15) is 0 Å². The molecule has 2 fully saturated rings. The van der Waals surface area contributed by atoms with Crippen molar-refractivity contribution in [1.82, 2.24) is 9.80 Å². The van der Waals surface area contributed by atoms with Crippen molar-refractivity contribution in [2.24, 2.45) is 0 Å². The van der Waals surface area contributed by atoms with Gasteiger partial charge in [-0.1, -0.05) is 6.92 Å². The van der Waals surface area contributed by atoms with Crippen LogP contribution in [0.15, 0.2) is 0 Å². The molecule has 1 atom stereocenters. The molecule has 2 aliphatic rings. The molecule has 1 heterocycles. The highest BCUT2D eigenvalue weighted by Gasteiger charge is 2.33. The Morgan fingerprint density at radius 3 is 2.50 bits per heavy atom. The van der Waals surface area contributed by atoms with Crippen LogP contribution >= 0.6 is 0 Å². The number of hydrogen-bond acceptors (Lipinski definition) is 2. The van der Waals surface area contributed by atoms with E-state index in [9.17, 15) is 0 Å². The van der Waals surface area contributed by atoms with Crippen LogP contribution in [0.3, 0.4) is 0 Å². The largest absolute Gasteiger partial charge is 0.302 e. The highest BCUT2D eigenvalue weighted by atomic mass is 15.3. The van der Waals surface area contributed by atoms with E-state index in [1.165, 1.54) is 38.9 Å². The molecule has 2 heteroatoms. The predicted octanol–water partition coefficient (Wildman–Crippen LogP) is 1.17. The molecule has 1 aliphatic heterocycles. The van der Waals surface area contributed by atoms with E-state index in [2.05, 4.69) is 23.8 Å². The van der Waals surface area contributed by atoms with Crippen LogP contribution in [0.5, 0.6) is 0 Å². The Bertz CT molecular complexity index is 154. The fourth-order valence-electron chi connectivity index (χ4n) is 2.21. The van der Waals surface area contributed by atoms with Gasteiger partial charge in [-0.15, -0.1) is 0 Å². The normalized spacial score (nSPS) is 31.8. The average molecular weight is 168 g/mol. The Morgan fingerprint density at radius 2 is 2.00 bits per heavy atom. The van der Waals surface area contributed by atoms with E-state index < -0.39 is 0 Å². The van der Waals surface area contributed by atoms with E-state index in [0.29, 0.717) is 0 Å². The SMILES string of the molecule is CCN1CC[C@@H](N(C)C2CC2)C1. The molecule has 0 amide bonds. The quantitative estimate of drug-likeness (QED) is 0.624. The topological polar surface area (TPSA) is 6.48 Å². The van der Waals surface area contributed by atoms with E-state index in [1.54, 1.807) is 0 Å². The van der Waals surface area contributed by atoms with Crippen molar-refractivity contribution >= 4 is 0 Å². The van der Waals surface area contributed by atoms with E-state index in [0.717, 1.165) is 12.1 Å². The lowest BCUT2D eigenvalue weighted by atomic mass is 10.2. The number of nitrogens with zero attached hydrogens (tertiary/aromatic N) is 2. The van der Waals surface area contributed by atoms with Crippen LogP contribution in [0.4, 0.5) is 0 Å². The minimum absolute atomic E-state index is 0.859. The van der Waals surface area contributed by atoms with Crippen LogP contribution in [0, 0.1) is 0 Å². The molecule has 12 heavy (non-hydrogen) atoms. The number of rotatable bonds is 3. The maximum absolute atomic E-state index is 2.61. The summed E-state index contributed by atoms with van der Waals surface area (Å²) in [6.07, 6.45) is 4.28. The zero-order valence-corrected chi connectivity index (χ0v) is 8.29. The molecule has 0 spiro atoms. The monoisotopic (exact) mass is 168 g/mol. The molecular weight excluding hydrogens is 148 g/mol. The van der Waals surface area contributed by atoms with Crippen molar-refractivity contribution in [2.45, 2.75) is 38.3 Å². The van der Waals surface area contributed by atoms with Gasteiger partial charge in [0.2, 0.25) is 0 Å². The molecule has 2 nitrogen and oxygen atoms in total. The summed E-state index contributed by atoms with van der Waals surface area (Å²) in [6.45, 7) is 6.12. The van der Waals surface area contributed by atoms with Gasteiger partial charge < -0.3 is 4.90 Å². The van der Waals surface area contributed by atoms with Gasteiger partial charge in [0.15, 0.2) is 0 Å². The molecule has 70 valence electrons. The van der Waals surface area contributed by atoms with Gasteiger partial charge >= 0.3 is 0 Å². The Hall–Kier alpha value is -0.0800. The van der Waals surface area contributed by atoms with Gasteiger partial charge in [0.05, 0.1) is 0 Å². The van der Waals surface area contributed by atoms with Crippen LogP contribution in [0.2, 0.25) is 0 Å². The summed E-state index contributed by atoms with van der Waals surface area (Å²) in [6, 6.07) is 1.80. The molecular formula is C10H20N2. The second-order valence-electron chi connectivity index (χ2n) is 4.23. The first-order valence-electron chi connectivity index (χ1n) is 5.25. The van der Waals surface area contributed by atoms with Crippen molar-refractivity contribution in [3.8, 4) is 0 Å². The van der Waals surface area contributed by atoms with E-state index in [4.69, 9.17) is 0 Å². The molecule has 0 aromatic heterocycles. The van der Waals surface area contributed by atoms with Crippen LogP contribution in [-0.4, -0.2) is 48.6 Å². The Labute approximate surface area is 75.5 Å². The molecule has 1 saturated carbocycles. The molecule has 0 radical (unpaired) electrons. The third-order valence-electron chi connectivity index (χ3n) is 3.39. The Morgan fingerprint density at radius 1 is 1.25 bits per heavy atom. The molecule has 0 N–H and O–H groups in total. The summed E-state index contributed by atoms with van der Waals surface area (Å²) in [4.78, 5) is 5.17. The van der Waals surface area contributed by atoms with Crippen molar-refractivity contribution in [1.29, 1.82) is 0 Å². The third-order valence-corrected chi connectivity index (χ3v) is 3.39. The first kappa shape index (κ1) is 8.52. The van der Waals surface area contributed by atoms with Crippen LogP contribution < -0.4 is 0 Å². The van der Waals surface area contributed by atoms with Crippen LogP contribution in [0.1, 0.15) is 26.2 Å². The van der Waals surface area contributed by atoms with Crippen molar-refractivity contribution in [3.63, 3.8) is 0 Å². The number of likely N-dealkylation sites (tertiary alicyclic amines) is 1. The number of hydrogen-bond donors (Lipinski definition) is 0. The lowest BCUT2D eigenvalue weighted by Gasteiger charge is -2.24. The zero-order valence-electron chi connectivity index (χ0n) is 8.29. The van der Waals surface area contributed by atoms with Gasteiger partial charge in [0, 0.05) is 18.6 Å². The first-order valence-corrected chi connectivity index (χ1v) is 5.25. The molecule has 0 unspecified atom stereocenters. The van der Waals surface area contributed by atoms with E-state index in [1.807, 2.05) is 0 Å². The summed E-state index contributed by atoms with van der Waals surface area (Å²) in [5.74, 6) is 0. The molecule has 0 aromatic rings. The van der Waals surface area contributed by atoms with Crippen molar-refractivity contribution in [2.75, 3.05) is 26.7 Å². The van der Waals surface area contributed by atoms with Crippen LogP contribution in [-0.2, 0) is 0 Å². The smallest absolute Gasteiger partial charge is 0.0235 e. The zero-order chi connectivity index (χ0) is 8.55. The minimum Gasteiger partial charge on any atom is -0.302 e. The van der Waals surface area contributed by atoms with Gasteiger partial charge in [-0.3, -0.25) is 4.90 Å². The second-order valence-corrected chi connectivity index (χ2v) is 4.23. The maximum Gasteiger partial charge on any atom is 0.0235 e. The molecule has 1 aliphatic carbocycles. The summed E-state index contributed by atoms with van der Waals surface area (Å²) < 4.78 is 0. The van der Waals surface area contributed by atoms with Crippen molar-refractivity contribution in [3.05, 3.63) is 0 Å². The molecule has 0 bridgehead atoms. The molecule has 0 aromatic carbocycles. The summed E-state index contributed by atoms with van der Waals surface area (Å²) in [5.41, 5.74) is 0. The fourth-order valence-corrected chi connectivity index (χ4v) is 2.21. The van der Waals surface area contributed by atoms with Gasteiger partial charge in [0.25, 0.3) is 0 Å². The first-order chi connectivity index (χ1) is 5.81. The van der Waals surface area contributed by atoms with Gasteiger partial charge in [-0.25, -0.2) is 0 Å². The summed E-state index contributed by atoms with van der Waals surface area (Å²) in [5, 5.41) is 0. The maximum atomic E-state index is 2.61. The van der Waals surface area contributed by atoms with Crippen molar-refractivity contribution < 1.29 is 0 Å². The molecule has 1 saturated heterocycles. The summed E-state index contributed by atoms with van der Waals surface area (Å²) in [7, 11) is 2.31. The van der Waals surface area contributed by atoms with Crippen LogP contribution in [0.25, 0.3) is 0 Å².